The number of nitrogens with zero attached hydrogens (tertiary/aromatic N) is 3. The zero-order chi connectivity index (χ0) is 18.0. The number of benzene rings is 2. The minimum atomic E-state index is -1.19. The van der Waals surface area contributed by atoms with Gasteiger partial charge in [-0.15, -0.1) is 0 Å². The van der Waals surface area contributed by atoms with Crippen LogP contribution in [0.1, 0.15) is 22.1 Å². The number of H-pyrrole nitrogens is 1. The molecule has 0 radical (unpaired) electrons. The molecule has 3 rings (SSSR count). The lowest BCUT2D eigenvalue weighted by Gasteiger charge is -2.07. The molecule has 0 aliphatic heterocycles. The summed E-state index contributed by atoms with van der Waals surface area (Å²) in [6.07, 6.45) is 0. The number of para-hydroxylation sites is 2. The number of nitro groups is 1. The van der Waals surface area contributed by atoms with Gasteiger partial charge in [0.05, 0.1) is 29.1 Å². The number of carbonyl (C=O) groups is 1. The Morgan fingerprint density at radius 2 is 2.12 bits per heavy atom. The first-order chi connectivity index (χ1) is 12.0. The van der Waals surface area contributed by atoms with E-state index in [1.54, 1.807) is 24.3 Å². The molecule has 0 aliphatic carbocycles. The maximum atomic E-state index is 12.7. The first-order valence-electron chi connectivity index (χ1n) is 7.26. The number of nitriles is 1. The Bertz CT molecular complexity index is 986. The van der Waals surface area contributed by atoms with E-state index >= 15 is 0 Å². The molecule has 1 atom stereocenters. The summed E-state index contributed by atoms with van der Waals surface area (Å²) in [5.74, 6) is -1.53. The van der Waals surface area contributed by atoms with E-state index in [-0.39, 0.29) is 22.8 Å². The largest absolute Gasteiger partial charge is 0.490 e. The summed E-state index contributed by atoms with van der Waals surface area (Å²) < 4.78 is 4.92. The predicted octanol–water partition coefficient (Wildman–Crippen LogP) is 2.97. The molecule has 0 aliphatic rings. The number of ether oxygens (including phenoxy) is 1. The fourth-order valence-corrected chi connectivity index (χ4v) is 2.51. The van der Waals surface area contributed by atoms with Crippen molar-refractivity contribution in [2.24, 2.45) is 0 Å². The fourth-order valence-electron chi connectivity index (χ4n) is 2.51. The Labute approximate surface area is 141 Å². The van der Waals surface area contributed by atoms with E-state index in [4.69, 9.17) is 4.74 Å². The normalized spacial score (nSPS) is 11.7. The van der Waals surface area contributed by atoms with Crippen LogP contribution in [-0.2, 0) is 0 Å². The number of aromatic amines is 1. The van der Waals surface area contributed by atoms with Gasteiger partial charge < -0.3 is 9.72 Å². The van der Waals surface area contributed by atoms with Crippen LogP contribution >= 0.6 is 0 Å². The molecule has 8 heteroatoms. The highest BCUT2D eigenvalue weighted by molar-refractivity contribution is 6.03. The summed E-state index contributed by atoms with van der Waals surface area (Å²) in [5.41, 5.74) is 1.03. The fraction of sp³-hybridized carbons (Fsp3) is 0.118. The molecule has 1 heterocycles. The third-order valence-corrected chi connectivity index (χ3v) is 3.73. The van der Waals surface area contributed by atoms with E-state index in [1.807, 2.05) is 6.07 Å². The smallest absolute Gasteiger partial charge is 0.311 e. The Hall–Kier alpha value is -3.73. The van der Waals surface area contributed by atoms with Crippen molar-refractivity contribution < 1.29 is 14.5 Å². The third kappa shape index (κ3) is 2.90. The Balaban J connectivity index is 2.02. The van der Waals surface area contributed by atoms with Gasteiger partial charge in [0.15, 0.2) is 17.5 Å². The van der Waals surface area contributed by atoms with Gasteiger partial charge in [-0.1, -0.05) is 12.1 Å². The van der Waals surface area contributed by atoms with Crippen molar-refractivity contribution in [3.63, 3.8) is 0 Å². The number of methoxy groups -OCH3 is 1. The average molecular weight is 336 g/mol. The van der Waals surface area contributed by atoms with Crippen LogP contribution in [0.3, 0.4) is 0 Å². The highest BCUT2D eigenvalue weighted by Gasteiger charge is 2.27. The van der Waals surface area contributed by atoms with E-state index in [1.165, 1.54) is 19.2 Å². The number of nitrogens with one attached hydrogen (secondary N) is 1. The molecule has 1 N–H and O–H groups in total. The van der Waals surface area contributed by atoms with Crippen molar-refractivity contribution in [2.75, 3.05) is 7.11 Å². The second-order valence-corrected chi connectivity index (χ2v) is 5.21. The molecule has 0 spiro atoms. The van der Waals surface area contributed by atoms with E-state index in [0.717, 1.165) is 6.07 Å². The summed E-state index contributed by atoms with van der Waals surface area (Å²) >= 11 is 0. The van der Waals surface area contributed by atoms with Gasteiger partial charge in [-0.05, 0) is 24.3 Å². The summed E-state index contributed by atoms with van der Waals surface area (Å²) in [6, 6.07) is 12.9. The van der Waals surface area contributed by atoms with Crippen LogP contribution in [0, 0.1) is 21.4 Å². The highest BCUT2D eigenvalue weighted by Crippen LogP contribution is 2.30. The molecule has 0 saturated carbocycles. The van der Waals surface area contributed by atoms with E-state index < -0.39 is 16.6 Å². The van der Waals surface area contributed by atoms with Crippen molar-refractivity contribution in [3.8, 4) is 11.8 Å². The lowest BCUT2D eigenvalue weighted by molar-refractivity contribution is -0.385. The lowest BCUT2D eigenvalue weighted by atomic mass is 9.97. The number of ketones is 1. The number of carbonyl (C=O) groups excluding carboxylic acids is 1. The van der Waals surface area contributed by atoms with Gasteiger partial charge in [-0.3, -0.25) is 14.9 Å². The van der Waals surface area contributed by atoms with E-state index in [9.17, 15) is 20.2 Å². The van der Waals surface area contributed by atoms with Crippen molar-refractivity contribution >= 4 is 22.5 Å². The predicted molar refractivity (Wildman–Crippen MR) is 88.4 cm³/mol. The molecule has 0 saturated heterocycles. The SMILES string of the molecule is COc1ccc(C(=O)[C@H](C#N)c2nc3ccccc3[nH]2)cc1[N+](=O)[O-]. The lowest BCUT2D eigenvalue weighted by Crippen LogP contribution is -2.13. The molecule has 0 amide bonds. The summed E-state index contributed by atoms with van der Waals surface area (Å²) in [5, 5.41) is 20.5. The van der Waals surface area contributed by atoms with Gasteiger partial charge in [-0.2, -0.15) is 5.26 Å². The first-order valence-corrected chi connectivity index (χ1v) is 7.26. The molecular formula is C17H12N4O4. The number of Topliss-reactive ketones (excluding diaryl/α,β-unsaturated/α-hetero) is 1. The second-order valence-electron chi connectivity index (χ2n) is 5.21. The maximum absolute atomic E-state index is 12.7. The number of imidazole rings is 1. The number of rotatable bonds is 5. The molecular weight excluding hydrogens is 324 g/mol. The van der Waals surface area contributed by atoms with Crippen LogP contribution in [0.2, 0.25) is 0 Å². The maximum Gasteiger partial charge on any atom is 0.311 e. The van der Waals surface area contributed by atoms with Crippen molar-refractivity contribution in [1.82, 2.24) is 9.97 Å². The van der Waals surface area contributed by atoms with Gasteiger partial charge in [0.1, 0.15) is 5.82 Å². The van der Waals surface area contributed by atoms with Gasteiger partial charge in [0.2, 0.25) is 0 Å². The zero-order valence-electron chi connectivity index (χ0n) is 13.1. The topological polar surface area (TPSA) is 122 Å². The molecule has 0 fully saturated rings. The number of aromatic nitrogens is 2. The molecule has 3 aromatic rings. The van der Waals surface area contributed by atoms with Crippen molar-refractivity contribution in [2.45, 2.75) is 5.92 Å². The van der Waals surface area contributed by atoms with Crippen LogP contribution in [-0.4, -0.2) is 27.8 Å². The minimum Gasteiger partial charge on any atom is -0.490 e. The summed E-state index contributed by atoms with van der Waals surface area (Å²) in [4.78, 5) is 30.4. The Morgan fingerprint density at radius 3 is 2.76 bits per heavy atom. The molecule has 25 heavy (non-hydrogen) atoms. The Morgan fingerprint density at radius 1 is 1.36 bits per heavy atom. The van der Waals surface area contributed by atoms with Gasteiger partial charge in [-0.25, -0.2) is 4.98 Å². The quantitative estimate of drug-likeness (QED) is 0.434. The van der Waals surface area contributed by atoms with Gasteiger partial charge in [0, 0.05) is 11.6 Å². The summed E-state index contributed by atoms with van der Waals surface area (Å²) in [6.45, 7) is 0. The zero-order valence-corrected chi connectivity index (χ0v) is 13.1. The molecule has 8 nitrogen and oxygen atoms in total. The molecule has 0 unspecified atom stereocenters. The standard InChI is InChI=1S/C17H12N4O4/c1-25-15-7-6-10(8-14(15)21(23)24)16(22)11(9-18)17-19-12-4-2-3-5-13(12)20-17/h2-8,11H,1H3,(H,19,20)/t11-/m0/s1. The molecule has 0 bridgehead atoms. The highest BCUT2D eigenvalue weighted by atomic mass is 16.6. The average Bonchev–Trinajstić information content (AvgIpc) is 3.05. The van der Waals surface area contributed by atoms with Crippen molar-refractivity contribution in [3.05, 3.63) is 64.0 Å². The van der Waals surface area contributed by atoms with Gasteiger partial charge in [0.25, 0.3) is 0 Å². The molecule has 1 aromatic heterocycles. The minimum absolute atomic E-state index is 0.0406. The van der Waals surface area contributed by atoms with E-state index in [0.29, 0.717) is 11.0 Å². The number of hydrogen-bond acceptors (Lipinski definition) is 6. The number of fused-ring (bicyclic) bond motifs is 1. The number of nitro benzene ring substituents is 1. The van der Waals surface area contributed by atoms with Crippen molar-refractivity contribution in [1.29, 1.82) is 5.26 Å². The third-order valence-electron chi connectivity index (χ3n) is 3.73. The monoisotopic (exact) mass is 336 g/mol. The Kier molecular flexibility index (Phi) is 4.14. The van der Waals surface area contributed by atoms with Crippen LogP contribution in [0.15, 0.2) is 42.5 Å². The summed E-state index contributed by atoms with van der Waals surface area (Å²) in [7, 11) is 1.30. The van der Waals surface area contributed by atoms with Gasteiger partial charge >= 0.3 is 5.69 Å². The molecule has 124 valence electrons. The van der Waals surface area contributed by atoms with Crippen LogP contribution in [0.5, 0.6) is 5.75 Å². The second kappa shape index (κ2) is 6.41. The first kappa shape index (κ1) is 16.1. The molecule has 2 aromatic carbocycles. The van der Waals surface area contributed by atoms with Crippen LogP contribution < -0.4 is 4.74 Å². The van der Waals surface area contributed by atoms with Crippen LogP contribution in [0.25, 0.3) is 11.0 Å². The van der Waals surface area contributed by atoms with E-state index in [2.05, 4.69) is 9.97 Å². The number of hydrogen-bond donors (Lipinski definition) is 1. The van der Waals surface area contributed by atoms with Crippen LogP contribution in [0.4, 0.5) is 5.69 Å².